The molecular formula is C11H18N4O5S. The number of amides is 1. The molecule has 21 heavy (non-hydrogen) atoms. The lowest BCUT2D eigenvalue weighted by Gasteiger charge is -2.14. The standard InChI is InChI=1S/C11H18N4O5S/c1-7(2)15-10(12-6-13-15)5-21(19,20)4-9(11(17)18)14-8(3)16/h6-7,9H,4-5H2,1-3H3,(H,14,16)(H,17,18)/t9-/m0/s1. The molecule has 0 unspecified atom stereocenters. The quantitative estimate of drug-likeness (QED) is 0.683. The molecule has 0 spiro atoms. The van der Waals surface area contributed by atoms with Crippen LogP contribution in [-0.2, 0) is 25.2 Å². The third kappa shape index (κ3) is 5.14. The van der Waals surface area contributed by atoms with Crippen LogP contribution in [0.25, 0.3) is 0 Å². The van der Waals surface area contributed by atoms with Crippen LogP contribution in [0.5, 0.6) is 0 Å². The van der Waals surface area contributed by atoms with Gasteiger partial charge in [0.15, 0.2) is 9.84 Å². The number of aromatic nitrogens is 3. The summed E-state index contributed by atoms with van der Waals surface area (Å²) in [6.07, 6.45) is 1.24. The smallest absolute Gasteiger partial charge is 0.327 e. The highest BCUT2D eigenvalue weighted by Gasteiger charge is 2.27. The molecule has 0 aromatic carbocycles. The summed E-state index contributed by atoms with van der Waals surface area (Å²) in [6, 6.07) is -1.55. The Kier molecular flexibility index (Phi) is 5.41. The van der Waals surface area contributed by atoms with Gasteiger partial charge in [-0.2, -0.15) is 5.10 Å². The van der Waals surface area contributed by atoms with Gasteiger partial charge in [-0.05, 0) is 13.8 Å². The molecule has 0 saturated heterocycles. The van der Waals surface area contributed by atoms with Crippen LogP contribution in [0.3, 0.4) is 0 Å². The minimum absolute atomic E-state index is 0.0664. The number of hydrogen-bond acceptors (Lipinski definition) is 6. The first-order valence-electron chi connectivity index (χ1n) is 6.21. The summed E-state index contributed by atoms with van der Waals surface area (Å²) in [6.45, 7) is 4.77. The molecule has 1 atom stereocenters. The van der Waals surface area contributed by atoms with Gasteiger partial charge >= 0.3 is 5.97 Å². The van der Waals surface area contributed by atoms with Gasteiger partial charge in [-0.3, -0.25) is 4.79 Å². The lowest BCUT2D eigenvalue weighted by Crippen LogP contribution is -2.44. The third-order valence-corrected chi connectivity index (χ3v) is 4.12. The van der Waals surface area contributed by atoms with Crippen molar-refractivity contribution in [3.05, 3.63) is 12.2 Å². The van der Waals surface area contributed by atoms with Crippen molar-refractivity contribution in [2.45, 2.75) is 38.6 Å². The number of carboxylic acids is 1. The minimum atomic E-state index is -3.77. The van der Waals surface area contributed by atoms with Gasteiger partial charge in [-0.25, -0.2) is 22.9 Å². The summed E-state index contributed by atoms with van der Waals surface area (Å²) < 4.78 is 25.6. The predicted octanol–water partition coefficient (Wildman–Crippen LogP) is -0.637. The highest BCUT2D eigenvalue weighted by atomic mass is 32.2. The summed E-state index contributed by atoms with van der Waals surface area (Å²) in [7, 11) is -3.77. The molecule has 2 N–H and O–H groups in total. The Balaban J connectivity index is 2.88. The minimum Gasteiger partial charge on any atom is -0.480 e. The fourth-order valence-electron chi connectivity index (χ4n) is 1.74. The van der Waals surface area contributed by atoms with Crippen molar-refractivity contribution in [3.63, 3.8) is 0 Å². The van der Waals surface area contributed by atoms with E-state index in [0.29, 0.717) is 0 Å². The van der Waals surface area contributed by atoms with Crippen molar-refractivity contribution in [3.8, 4) is 0 Å². The Morgan fingerprint density at radius 1 is 1.43 bits per heavy atom. The van der Waals surface area contributed by atoms with E-state index in [1.807, 2.05) is 13.8 Å². The Labute approximate surface area is 122 Å². The number of carbonyl (C=O) groups is 2. The van der Waals surface area contributed by atoms with Crippen LogP contribution >= 0.6 is 0 Å². The fourth-order valence-corrected chi connectivity index (χ4v) is 3.19. The zero-order valence-corrected chi connectivity index (χ0v) is 12.8. The molecule has 0 aliphatic carbocycles. The molecule has 0 aliphatic heterocycles. The van der Waals surface area contributed by atoms with Crippen molar-refractivity contribution >= 4 is 21.7 Å². The second kappa shape index (κ2) is 6.66. The molecule has 0 saturated carbocycles. The average Bonchev–Trinajstić information content (AvgIpc) is 2.74. The first-order chi connectivity index (χ1) is 9.62. The number of rotatable bonds is 7. The van der Waals surface area contributed by atoms with E-state index in [0.717, 1.165) is 6.92 Å². The highest BCUT2D eigenvalue weighted by Crippen LogP contribution is 2.10. The SMILES string of the molecule is CC(=O)N[C@@H](CS(=O)(=O)Cc1ncnn1C(C)C)C(=O)O. The first kappa shape index (κ1) is 17.1. The number of hydrogen-bond donors (Lipinski definition) is 2. The van der Waals surface area contributed by atoms with Crippen LogP contribution in [0.2, 0.25) is 0 Å². The zero-order chi connectivity index (χ0) is 16.2. The molecule has 118 valence electrons. The summed E-state index contributed by atoms with van der Waals surface area (Å²) in [5, 5.41) is 15.0. The summed E-state index contributed by atoms with van der Waals surface area (Å²) in [4.78, 5) is 25.8. The number of aliphatic carboxylic acids is 1. The van der Waals surface area contributed by atoms with Crippen molar-refractivity contribution in [1.82, 2.24) is 20.1 Å². The van der Waals surface area contributed by atoms with Crippen LogP contribution < -0.4 is 5.32 Å². The summed E-state index contributed by atoms with van der Waals surface area (Å²) >= 11 is 0. The predicted molar refractivity (Wildman–Crippen MR) is 73.1 cm³/mol. The highest BCUT2D eigenvalue weighted by molar-refractivity contribution is 7.90. The van der Waals surface area contributed by atoms with Gasteiger partial charge in [-0.15, -0.1) is 0 Å². The number of sulfone groups is 1. The van der Waals surface area contributed by atoms with Crippen LogP contribution in [0.1, 0.15) is 32.6 Å². The second-order valence-electron chi connectivity index (χ2n) is 4.86. The van der Waals surface area contributed by atoms with E-state index >= 15 is 0 Å². The maximum absolute atomic E-state index is 12.1. The number of carbonyl (C=O) groups excluding carboxylic acids is 1. The monoisotopic (exact) mass is 318 g/mol. The van der Waals surface area contributed by atoms with Gasteiger partial charge in [-0.1, -0.05) is 0 Å². The molecular weight excluding hydrogens is 300 g/mol. The molecule has 1 aromatic rings. The number of nitrogens with one attached hydrogen (secondary N) is 1. The van der Waals surface area contributed by atoms with Crippen LogP contribution in [0.4, 0.5) is 0 Å². The molecule has 0 radical (unpaired) electrons. The van der Waals surface area contributed by atoms with Crippen molar-refractivity contribution in [1.29, 1.82) is 0 Å². The zero-order valence-electron chi connectivity index (χ0n) is 12.0. The van der Waals surface area contributed by atoms with E-state index < -0.39 is 39.3 Å². The van der Waals surface area contributed by atoms with Crippen molar-refractivity contribution < 1.29 is 23.1 Å². The van der Waals surface area contributed by atoms with Gasteiger partial charge in [0.25, 0.3) is 0 Å². The van der Waals surface area contributed by atoms with Gasteiger partial charge < -0.3 is 10.4 Å². The molecule has 10 heteroatoms. The molecule has 0 fully saturated rings. The van der Waals surface area contributed by atoms with Gasteiger partial charge in [0, 0.05) is 13.0 Å². The molecule has 1 amide bonds. The van der Waals surface area contributed by atoms with Crippen molar-refractivity contribution in [2.24, 2.45) is 0 Å². The van der Waals surface area contributed by atoms with Crippen LogP contribution in [0, 0.1) is 0 Å². The Bertz CT molecular complexity index is 622. The topological polar surface area (TPSA) is 131 Å². The van der Waals surface area contributed by atoms with Gasteiger partial charge in [0.2, 0.25) is 5.91 Å². The Morgan fingerprint density at radius 2 is 2.05 bits per heavy atom. The van der Waals surface area contributed by atoms with E-state index in [9.17, 15) is 18.0 Å². The molecule has 1 rings (SSSR count). The van der Waals surface area contributed by atoms with Crippen molar-refractivity contribution in [2.75, 3.05) is 5.75 Å². The fraction of sp³-hybridized carbons (Fsp3) is 0.636. The molecule has 0 bridgehead atoms. The van der Waals surface area contributed by atoms with E-state index in [2.05, 4.69) is 15.4 Å². The van der Waals surface area contributed by atoms with Gasteiger partial charge in [0.05, 0.1) is 5.75 Å². The summed E-state index contributed by atoms with van der Waals surface area (Å²) in [5.74, 6) is -2.92. The average molecular weight is 318 g/mol. The maximum Gasteiger partial charge on any atom is 0.327 e. The van der Waals surface area contributed by atoms with E-state index in [1.54, 1.807) is 0 Å². The molecule has 0 aliphatic rings. The molecule has 9 nitrogen and oxygen atoms in total. The number of carboxylic acid groups (broad SMARTS) is 1. The van der Waals surface area contributed by atoms with E-state index in [4.69, 9.17) is 5.11 Å². The van der Waals surface area contributed by atoms with Crippen LogP contribution in [0.15, 0.2) is 6.33 Å². The first-order valence-corrected chi connectivity index (χ1v) is 8.03. The summed E-state index contributed by atoms with van der Waals surface area (Å²) in [5.41, 5.74) is 0. The molecule has 1 heterocycles. The largest absolute Gasteiger partial charge is 0.480 e. The lowest BCUT2D eigenvalue weighted by molar-refractivity contribution is -0.140. The van der Waals surface area contributed by atoms with E-state index in [1.165, 1.54) is 11.0 Å². The number of nitrogens with zero attached hydrogens (tertiary/aromatic N) is 3. The lowest BCUT2D eigenvalue weighted by atomic mass is 10.3. The Hall–Kier alpha value is -1.97. The van der Waals surface area contributed by atoms with E-state index in [-0.39, 0.29) is 11.9 Å². The van der Waals surface area contributed by atoms with Gasteiger partial charge in [0.1, 0.15) is 23.9 Å². The maximum atomic E-state index is 12.1. The third-order valence-electron chi connectivity index (χ3n) is 2.58. The van der Waals surface area contributed by atoms with Crippen LogP contribution in [-0.4, -0.2) is 52.0 Å². The Morgan fingerprint density at radius 3 is 2.52 bits per heavy atom. The second-order valence-corrected chi connectivity index (χ2v) is 6.97. The molecule has 1 aromatic heterocycles. The normalized spacial score (nSPS) is 13.1.